The Bertz CT molecular complexity index is 703. The predicted octanol–water partition coefficient (Wildman–Crippen LogP) is 4.08. The van der Waals surface area contributed by atoms with Crippen molar-refractivity contribution in [2.45, 2.75) is 0 Å². The molecule has 2 rings (SSSR count). The maximum Gasteiger partial charge on any atom is 0.258 e. The molecule has 0 aliphatic carbocycles. The summed E-state index contributed by atoms with van der Waals surface area (Å²) in [7, 11) is 0. The van der Waals surface area contributed by atoms with Crippen LogP contribution >= 0.6 is 46.8 Å². The van der Waals surface area contributed by atoms with Crippen LogP contribution in [0.3, 0.4) is 0 Å². The zero-order chi connectivity index (χ0) is 14.9. The first-order chi connectivity index (χ1) is 9.40. The van der Waals surface area contributed by atoms with Gasteiger partial charge in [0.25, 0.3) is 5.91 Å². The number of carbonyl (C=O) groups is 1. The molecule has 1 aromatic carbocycles. The Morgan fingerprint density at radius 1 is 1.40 bits per heavy atom. The summed E-state index contributed by atoms with van der Waals surface area (Å²) in [5, 5.41) is 2.52. The fourth-order valence-electron chi connectivity index (χ4n) is 1.56. The van der Waals surface area contributed by atoms with Crippen molar-refractivity contribution in [1.82, 2.24) is 0 Å². The summed E-state index contributed by atoms with van der Waals surface area (Å²) in [6.07, 6.45) is 0. The first-order valence-corrected chi connectivity index (χ1v) is 7.22. The highest BCUT2D eigenvalue weighted by Gasteiger charge is 2.18. The second-order valence-electron chi connectivity index (χ2n) is 3.72. The molecule has 0 saturated carbocycles. The van der Waals surface area contributed by atoms with Gasteiger partial charge in [0.2, 0.25) is 0 Å². The van der Waals surface area contributed by atoms with E-state index in [4.69, 9.17) is 41.2 Å². The van der Waals surface area contributed by atoms with Crippen molar-refractivity contribution in [3.05, 3.63) is 49.9 Å². The highest BCUT2D eigenvalue weighted by molar-refractivity contribution is 7.80. The number of nitrogens with one attached hydrogen (secondary N) is 1. The van der Waals surface area contributed by atoms with Crippen LogP contribution in [0.5, 0.6) is 0 Å². The number of anilines is 1. The van der Waals surface area contributed by atoms with E-state index >= 15 is 0 Å². The third kappa shape index (κ3) is 3.09. The topological polar surface area (TPSA) is 55.1 Å². The van der Waals surface area contributed by atoms with Crippen LogP contribution in [-0.2, 0) is 0 Å². The number of carbonyl (C=O) groups excluding carboxylic acids is 1. The number of nitrogens with two attached hydrogens (primary N) is 1. The molecule has 0 saturated heterocycles. The quantitative estimate of drug-likeness (QED) is 0.821. The molecule has 0 atom stereocenters. The molecule has 0 radical (unpaired) electrons. The minimum absolute atomic E-state index is 0.0201. The predicted molar refractivity (Wildman–Crippen MR) is 84.6 cm³/mol. The van der Waals surface area contributed by atoms with E-state index in [0.717, 1.165) is 11.3 Å². The number of rotatable bonds is 3. The molecular weight excluding hydrogens is 342 g/mol. The molecule has 0 bridgehead atoms. The summed E-state index contributed by atoms with van der Waals surface area (Å²) in [5.74, 6) is -1.12. The number of thiocarbonyl (C=S) groups is 1. The van der Waals surface area contributed by atoms with E-state index in [0.29, 0.717) is 4.34 Å². The average Bonchev–Trinajstić information content (AvgIpc) is 2.68. The summed E-state index contributed by atoms with van der Waals surface area (Å²) in [4.78, 5) is 11.9. The lowest BCUT2D eigenvalue weighted by atomic mass is 10.1. The first kappa shape index (κ1) is 15.2. The SMILES string of the molecule is NC(=S)c1c(F)cccc1NC(=O)c1cc(Cl)sc1Cl. The Balaban J connectivity index is 2.36. The zero-order valence-corrected chi connectivity index (χ0v) is 12.9. The molecule has 0 unspecified atom stereocenters. The number of hydrogen-bond acceptors (Lipinski definition) is 3. The van der Waals surface area contributed by atoms with Gasteiger partial charge in [-0.05, 0) is 18.2 Å². The molecule has 1 heterocycles. The maximum atomic E-state index is 13.7. The lowest BCUT2D eigenvalue weighted by molar-refractivity contribution is 0.102. The third-order valence-electron chi connectivity index (χ3n) is 2.41. The van der Waals surface area contributed by atoms with Gasteiger partial charge in [0, 0.05) is 0 Å². The number of hydrogen-bond donors (Lipinski definition) is 2. The van der Waals surface area contributed by atoms with Crippen molar-refractivity contribution >= 4 is 63.3 Å². The second kappa shape index (κ2) is 6.05. The van der Waals surface area contributed by atoms with Crippen LogP contribution in [0.4, 0.5) is 10.1 Å². The van der Waals surface area contributed by atoms with E-state index in [1.165, 1.54) is 24.3 Å². The van der Waals surface area contributed by atoms with Crippen molar-refractivity contribution in [2.24, 2.45) is 5.73 Å². The van der Waals surface area contributed by atoms with Crippen LogP contribution in [0.15, 0.2) is 24.3 Å². The van der Waals surface area contributed by atoms with Gasteiger partial charge in [0.05, 0.1) is 21.2 Å². The maximum absolute atomic E-state index is 13.7. The van der Waals surface area contributed by atoms with Crippen LogP contribution in [-0.4, -0.2) is 10.9 Å². The molecule has 0 fully saturated rings. The standard InChI is InChI=1S/C12H7Cl2FN2OS2/c13-8-4-5(10(14)20-8)12(18)17-7-3-1-2-6(15)9(7)11(16)19/h1-4H,(H2,16,19)(H,17,18). The molecule has 0 aliphatic rings. The number of amides is 1. The Morgan fingerprint density at radius 2 is 2.10 bits per heavy atom. The van der Waals surface area contributed by atoms with Gasteiger partial charge in [0.1, 0.15) is 15.1 Å². The lowest BCUT2D eigenvalue weighted by Crippen LogP contribution is -2.18. The molecule has 3 N–H and O–H groups in total. The van der Waals surface area contributed by atoms with Crippen LogP contribution in [0.1, 0.15) is 15.9 Å². The van der Waals surface area contributed by atoms with Gasteiger partial charge in [-0.2, -0.15) is 0 Å². The van der Waals surface area contributed by atoms with Crippen LogP contribution in [0.2, 0.25) is 8.67 Å². The van der Waals surface area contributed by atoms with Crippen LogP contribution in [0, 0.1) is 5.82 Å². The number of thiophene rings is 1. The van der Waals surface area contributed by atoms with Gasteiger partial charge in [0.15, 0.2) is 0 Å². The summed E-state index contributed by atoms with van der Waals surface area (Å²) >= 11 is 17.5. The van der Waals surface area contributed by atoms with Crippen molar-refractivity contribution in [3.8, 4) is 0 Å². The van der Waals surface area contributed by atoms with E-state index in [9.17, 15) is 9.18 Å². The van der Waals surface area contributed by atoms with E-state index < -0.39 is 11.7 Å². The highest BCUT2D eigenvalue weighted by atomic mass is 35.5. The highest BCUT2D eigenvalue weighted by Crippen LogP contribution is 2.32. The smallest absolute Gasteiger partial charge is 0.258 e. The zero-order valence-electron chi connectivity index (χ0n) is 9.75. The Labute approximate surface area is 133 Å². The molecule has 0 spiro atoms. The molecule has 8 heteroatoms. The third-order valence-corrected chi connectivity index (χ3v) is 4.10. The molecule has 3 nitrogen and oxygen atoms in total. The molecule has 2 aromatic rings. The fourth-order valence-corrected chi connectivity index (χ4v) is 3.23. The number of benzene rings is 1. The largest absolute Gasteiger partial charge is 0.389 e. The fraction of sp³-hybridized carbons (Fsp3) is 0. The molecule has 0 aliphatic heterocycles. The Hall–Kier alpha value is -1.21. The summed E-state index contributed by atoms with van der Waals surface area (Å²) in [5.41, 5.74) is 5.83. The first-order valence-electron chi connectivity index (χ1n) is 5.24. The van der Waals surface area contributed by atoms with E-state index in [-0.39, 0.29) is 26.1 Å². The van der Waals surface area contributed by atoms with Crippen LogP contribution in [0.25, 0.3) is 0 Å². The Kier molecular flexibility index (Phi) is 4.59. The van der Waals surface area contributed by atoms with Crippen LogP contribution < -0.4 is 11.1 Å². The summed E-state index contributed by atoms with van der Waals surface area (Å²) in [6.45, 7) is 0. The van der Waals surface area contributed by atoms with Gasteiger partial charge < -0.3 is 11.1 Å². The molecule has 104 valence electrons. The van der Waals surface area contributed by atoms with Gasteiger partial charge in [-0.1, -0.05) is 41.5 Å². The van der Waals surface area contributed by atoms with E-state index in [2.05, 4.69) is 5.32 Å². The molecular formula is C12H7Cl2FN2OS2. The average molecular weight is 349 g/mol. The van der Waals surface area contributed by atoms with Gasteiger partial charge in [-0.25, -0.2) is 4.39 Å². The van der Waals surface area contributed by atoms with Gasteiger partial charge >= 0.3 is 0 Å². The van der Waals surface area contributed by atoms with E-state index in [1.807, 2.05) is 0 Å². The molecule has 1 aromatic heterocycles. The summed E-state index contributed by atoms with van der Waals surface area (Å²) in [6, 6.07) is 5.58. The van der Waals surface area contributed by atoms with Crippen molar-refractivity contribution in [1.29, 1.82) is 0 Å². The lowest BCUT2D eigenvalue weighted by Gasteiger charge is -2.10. The normalized spacial score (nSPS) is 10.3. The second-order valence-corrected chi connectivity index (χ2v) is 6.44. The molecule has 1 amide bonds. The minimum atomic E-state index is -0.607. The van der Waals surface area contributed by atoms with Gasteiger partial charge in [-0.3, -0.25) is 4.79 Å². The monoisotopic (exact) mass is 348 g/mol. The molecule has 20 heavy (non-hydrogen) atoms. The van der Waals surface area contributed by atoms with Crippen molar-refractivity contribution in [2.75, 3.05) is 5.32 Å². The Morgan fingerprint density at radius 3 is 2.65 bits per heavy atom. The van der Waals surface area contributed by atoms with Crippen molar-refractivity contribution in [3.63, 3.8) is 0 Å². The van der Waals surface area contributed by atoms with Crippen molar-refractivity contribution < 1.29 is 9.18 Å². The van der Waals surface area contributed by atoms with Gasteiger partial charge in [-0.15, -0.1) is 11.3 Å². The summed E-state index contributed by atoms with van der Waals surface area (Å²) < 4.78 is 14.3. The number of halogens is 3. The minimum Gasteiger partial charge on any atom is -0.389 e. The van der Waals surface area contributed by atoms with E-state index in [1.54, 1.807) is 0 Å².